The van der Waals surface area contributed by atoms with E-state index < -0.39 is 517 Å². The van der Waals surface area contributed by atoms with E-state index in [1.165, 1.54) is 48.5 Å². The lowest BCUT2D eigenvalue weighted by Gasteiger charge is -2.44. The minimum atomic E-state index is -4.47. The standard InChI is InChI=1S/5C25H38O5/c5*1-6-25(4,5)24(28)30-21-12-15(2)11-17-8-7-16(3)20(23(17)21)10-9-19-13-18(26)14-22(27)29-19/h5*7-8,11,15-16,18-21,23,26H,6,9-10,12-14H2,1-5H3/t5*15-,16-,18+,19?,20-,21?,23-/m00000/s1/i1D3,4D3,5D3,6D2,7D,8D,11D,12D2,15D,16D;1D3,4D3,6D2,7D,8D,11D,12D2,15D,16D;4D3,5D3,7D,8D,11D,12D2,15D,16D;1D3,6D2,7D,8D,11D,12D2,15D,16D;4D3,7D,8D,11D,12D2,15D,16D/tm;15-,16-,18+,19?,20-,21?,23-,25?;2m;15-,16-,18+,19?,20-,21?,23-,25?. The quantitative estimate of drug-likeness (QED) is 0.0329. The molecule has 37 atom stereocenters. The third-order valence-electron chi connectivity index (χ3n) is 29.0. The number of ether oxygens (including phenoxy) is 10. The molecule has 15 aliphatic rings. The van der Waals surface area contributed by atoms with E-state index in [2.05, 4.69) is 0 Å². The molecule has 0 radical (unpaired) electrons. The molecule has 0 aromatic heterocycles. The zero-order valence-corrected chi connectivity index (χ0v) is 87.4. The molecule has 10 aliphatic carbocycles. The van der Waals surface area contributed by atoms with E-state index in [1.807, 2.05) is 0 Å². The van der Waals surface area contributed by atoms with Crippen LogP contribution >= 0.6 is 0 Å². The van der Waals surface area contributed by atoms with E-state index in [4.69, 9.17) is 141 Å². The van der Waals surface area contributed by atoms with Crippen molar-refractivity contribution < 1.29 is 214 Å². The van der Waals surface area contributed by atoms with Crippen molar-refractivity contribution in [2.75, 3.05) is 0 Å². The van der Waals surface area contributed by atoms with E-state index in [1.54, 1.807) is 0 Å². The summed E-state index contributed by atoms with van der Waals surface area (Å²) in [5.74, 6) is -48.6. The Labute approximate surface area is 992 Å². The van der Waals surface area contributed by atoms with E-state index in [0.717, 1.165) is 55.4 Å². The number of fused-ring (bicyclic) bond motifs is 5. The molecule has 5 saturated heterocycles. The lowest BCUT2D eigenvalue weighted by molar-refractivity contribution is -0.166. The average molecular weight is 2160 g/mol. The van der Waals surface area contributed by atoms with Crippen molar-refractivity contribution in [1.29, 1.82) is 0 Å². The average Bonchev–Trinajstić information content (AvgIpc) is 0.682. The second kappa shape index (κ2) is 53.6. The van der Waals surface area contributed by atoms with Crippen LogP contribution in [0.3, 0.4) is 0 Å². The number of aliphatic hydroxyl groups excluding tert-OH is 5. The fraction of sp³-hybridized carbons (Fsp3) is 0.760. The van der Waals surface area contributed by atoms with Gasteiger partial charge in [0.15, 0.2) is 0 Å². The van der Waals surface area contributed by atoms with Gasteiger partial charge in [-0.05, 0) is 313 Å². The van der Waals surface area contributed by atoms with Gasteiger partial charge in [0.05, 0.1) is 110 Å². The number of hydrogen-bond acceptors (Lipinski definition) is 25. The number of allylic oxidation sites excluding steroid dienone is 15. The van der Waals surface area contributed by atoms with Crippen molar-refractivity contribution in [2.24, 2.45) is 145 Å². The van der Waals surface area contributed by atoms with Crippen LogP contribution in [0.2, 0.25) is 0 Å². The fourth-order valence-corrected chi connectivity index (χ4v) is 20.3. The highest BCUT2D eigenvalue weighted by molar-refractivity contribution is 5.79. The maximum absolute atomic E-state index is 14.1. The van der Waals surface area contributed by atoms with Crippen molar-refractivity contribution in [3.05, 3.63) is 119 Å². The number of rotatable bonds is 30. The minimum Gasteiger partial charge on any atom is -0.462 e. The van der Waals surface area contributed by atoms with Crippen molar-refractivity contribution >= 4 is 59.7 Å². The molecule has 5 heterocycles. The lowest BCUT2D eigenvalue weighted by atomic mass is 9.65. The van der Waals surface area contributed by atoms with Crippen LogP contribution in [0.25, 0.3) is 0 Å². The largest absolute Gasteiger partial charge is 0.462 e. The van der Waals surface area contributed by atoms with Gasteiger partial charge in [0, 0.05) is 134 Å². The van der Waals surface area contributed by atoms with Gasteiger partial charge < -0.3 is 72.9 Å². The maximum Gasteiger partial charge on any atom is 0.311 e. The molecule has 0 bridgehead atoms. The van der Waals surface area contributed by atoms with Gasteiger partial charge in [-0.1, -0.05) is 194 Å². The minimum absolute atomic E-state index is 0.00487. The zero-order valence-electron chi connectivity index (χ0n) is 155. The van der Waals surface area contributed by atoms with Crippen LogP contribution in [-0.4, -0.2) is 177 Å². The summed E-state index contributed by atoms with van der Waals surface area (Å²) in [6, 6.07) is -9.64. The van der Waals surface area contributed by atoms with Crippen LogP contribution in [-0.2, 0) is 95.3 Å². The van der Waals surface area contributed by atoms with Gasteiger partial charge in [0.1, 0.15) is 61.0 Å². The molecular formula is C125H190O25. The maximum atomic E-state index is 14.1. The number of hydrogen-bond donors (Lipinski definition) is 5. The summed E-state index contributed by atoms with van der Waals surface area (Å²) in [5, 5.41) is 50.2. The number of aliphatic hydroxyl groups is 5. The predicted octanol–water partition coefficient (Wildman–Crippen LogP) is 22.9. The second-order valence-corrected chi connectivity index (χ2v) is 41.7. The first-order valence-electron chi connectivity index (χ1n) is 84.7. The summed E-state index contributed by atoms with van der Waals surface area (Å²) < 4.78 is 624. The zero-order chi connectivity index (χ0) is 169. The highest BCUT2D eigenvalue weighted by Gasteiger charge is 2.52. The van der Waals surface area contributed by atoms with Crippen molar-refractivity contribution in [3.63, 3.8) is 0 Å². The molecule has 25 heteroatoms. The Kier molecular flexibility index (Phi) is 20.8. The highest BCUT2D eigenvalue weighted by atomic mass is 16.6. The normalized spacial score (nSPS) is 52.4. The molecular weight excluding hydrogens is 1900 g/mol. The Hall–Kier alpha value is -8.10. The molecule has 15 rings (SSSR count). The highest BCUT2D eigenvalue weighted by Crippen LogP contribution is 2.54. The van der Waals surface area contributed by atoms with Gasteiger partial charge in [0.25, 0.3) is 0 Å². The summed E-state index contributed by atoms with van der Waals surface area (Å²) >= 11 is 0. The number of cyclic esters (lactones) is 5. The van der Waals surface area contributed by atoms with Gasteiger partial charge in [-0.2, -0.15) is 0 Å². The monoisotopic (exact) mass is 2160 g/mol. The fourth-order valence-electron chi connectivity index (χ4n) is 20.3. The molecule has 25 nitrogen and oxygen atoms in total. The molecule has 0 saturated carbocycles. The molecule has 0 spiro atoms. The third kappa shape index (κ3) is 32.8. The van der Waals surface area contributed by atoms with Crippen LogP contribution in [0.5, 0.6) is 0 Å². The third-order valence-corrected chi connectivity index (χ3v) is 29.0. The molecule has 0 amide bonds. The van der Waals surface area contributed by atoms with Crippen molar-refractivity contribution in [2.45, 2.75) is 456 Å². The van der Waals surface area contributed by atoms with E-state index in [-0.39, 0.29) is 152 Å². The van der Waals surface area contributed by atoms with Crippen LogP contribution < -0.4 is 0 Å². The molecule has 0 aromatic rings. The summed E-state index contributed by atoms with van der Waals surface area (Å²) in [6.07, 6.45) is -48.3. The van der Waals surface area contributed by atoms with Gasteiger partial charge in [-0.3, -0.25) is 47.9 Å². The number of carbonyl (C=O) groups excluding carboxylic acids is 10. The SMILES string of the molecule is [2H]C1=C([2H])[C@]([2H])(C)[C@H](CCC2C[C@@H](O)CC(=O)O2)[C@@H]2C1=C([2H])[C@]([2H])(C)C([2H])([2H])C2OC(=O)C(C([2H])([2H])[2H])(C([2H])([2H])[2H])C([2H])([2H])C([2H])([2H])[2H].[2H]C1=C([2H])[C@]([2H])(C)[C@H](CCC2C[C@@H](O)CC(=O)O2)[C@@H]2C1=C([2H])[C@]([2H])(C)C([2H])([2H])C2OC(=O)C(C)(C([2H])([2H])[2H])C([2H])([2H])C([2H])([2H])[2H].[2H]C1=C([2H])[C@]([2H])(C)[C@H](CCC2C[C@@H](O)CC(=O)O2)[C@@H]2C1=C([2H])[C@]([2H])(C)C([2H])([2H])C2OC(=O)C(C)(C)C([2H])([2H])C([2H])([2H])[2H].[2H]C1=C([2H])[C@]([2H])(C)[C@H](CCC2C[C@@H](O)CC(=O)O2)[C@@H]2C1=C([2H])[C@]([2H])(C)C([2H])([2H])C2OC(=O)C(C)(CC)C([2H])([2H])[2H].[2H]C1=C([2H])[C@]([2H])(C)[C@H](CCC2C[C@@H](O)CC(=O)O2)[C@@H]2C1=C([2H])[C@]([2H])(C)C([2H])([2H])C2OC(=O)C(CC)(C([2H])([2H])[2H])C([2H])([2H])[2H]. The summed E-state index contributed by atoms with van der Waals surface area (Å²) in [5.41, 5.74) is -17.1. The van der Waals surface area contributed by atoms with Gasteiger partial charge >= 0.3 is 59.7 Å². The lowest BCUT2D eigenvalue weighted by Crippen LogP contribution is -2.43. The molecule has 150 heavy (non-hydrogen) atoms. The molecule has 840 valence electrons. The second-order valence-electron chi connectivity index (χ2n) is 41.7. The molecule has 5 aliphatic heterocycles. The Bertz CT molecular complexity index is 8300. The van der Waals surface area contributed by atoms with E-state index in [0.29, 0.717) is 6.92 Å². The smallest absolute Gasteiger partial charge is 0.311 e. The first-order valence-corrected chi connectivity index (χ1v) is 50.7. The summed E-state index contributed by atoms with van der Waals surface area (Å²) in [7, 11) is 0. The topological polar surface area (TPSA) is 364 Å². The van der Waals surface area contributed by atoms with Crippen molar-refractivity contribution in [3.8, 4) is 0 Å². The van der Waals surface area contributed by atoms with E-state index >= 15 is 0 Å². The van der Waals surface area contributed by atoms with Crippen molar-refractivity contribution in [1.82, 2.24) is 0 Å². The first-order chi connectivity index (χ1) is 97.3. The van der Waals surface area contributed by atoms with Crippen LogP contribution in [0, 0.1) is 145 Å². The molecule has 5 N–H and O–H groups in total. The molecule has 12 unspecified atom stereocenters. The Morgan fingerprint density at radius 3 is 0.720 bits per heavy atom. The number of carbonyl (C=O) groups is 10. The Morgan fingerprint density at radius 1 is 0.320 bits per heavy atom. The Morgan fingerprint density at radius 2 is 0.513 bits per heavy atom. The van der Waals surface area contributed by atoms with Gasteiger partial charge in [-0.15, -0.1) is 0 Å². The van der Waals surface area contributed by atoms with Crippen LogP contribution in [0.1, 0.15) is 458 Å². The van der Waals surface area contributed by atoms with Gasteiger partial charge in [-0.25, -0.2) is 0 Å². The summed E-state index contributed by atoms with van der Waals surface area (Å²) in [6.45, 7) is -15.2. The molecule has 0 aromatic carbocycles. The summed E-state index contributed by atoms with van der Waals surface area (Å²) in [4.78, 5) is 128. The van der Waals surface area contributed by atoms with Crippen LogP contribution in [0.15, 0.2) is 119 Å². The first kappa shape index (κ1) is 58.3. The molecule has 5 fully saturated rings. The van der Waals surface area contributed by atoms with Gasteiger partial charge in [0.2, 0.25) is 0 Å². The Balaban J connectivity index is 0.000000249. The predicted molar refractivity (Wildman–Crippen MR) is 577 cm³/mol. The van der Waals surface area contributed by atoms with E-state index in [9.17, 15) is 73.5 Å². The number of esters is 10. The van der Waals surface area contributed by atoms with Crippen LogP contribution in [0.4, 0.5) is 0 Å².